The van der Waals surface area contributed by atoms with Gasteiger partial charge in [0.2, 0.25) is 0 Å². The number of amides is 3. The molecule has 2 heterocycles. The van der Waals surface area contributed by atoms with Gasteiger partial charge in [0, 0.05) is 28.7 Å². The molecule has 0 spiro atoms. The van der Waals surface area contributed by atoms with E-state index < -0.39 is 0 Å². The van der Waals surface area contributed by atoms with Crippen LogP contribution in [0.2, 0.25) is 0 Å². The van der Waals surface area contributed by atoms with Crippen molar-refractivity contribution < 1.29 is 23.2 Å². The molecule has 8 nitrogen and oxygen atoms in total. The second-order valence-corrected chi connectivity index (χ2v) is 8.17. The van der Waals surface area contributed by atoms with Crippen LogP contribution in [0.15, 0.2) is 69.7 Å². The zero-order valence-corrected chi connectivity index (χ0v) is 18.6. The summed E-state index contributed by atoms with van der Waals surface area (Å²) in [5.41, 5.74) is 3.34. The maximum atomic E-state index is 12.3. The summed E-state index contributed by atoms with van der Waals surface area (Å²) in [5, 5.41) is 9.30. The molecule has 1 aliphatic rings. The second kappa shape index (κ2) is 9.74. The lowest BCUT2D eigenvalue weighted by atomic mass is 9.96. The first-order valence-electron chi connectivity index (χ1n) is 11.3. The number of ether oxygens (including phenoxy) is 1. The van der Waals surface area contributed by atoms with Crippen LogP contribution in [0.3, 0.4) is 0 Å². The number of hydrogen-bond donors (Lipinski definition) is 3. The SMILES string of the molecule is O=C(COc1ccc2oc3c(c2c1)CCCC3)Nc1ccc(NC(=O)NCc2ccco2)cc1. The van der Waals surface area contributed by atoms with E-state index in [1.54, 1.807) is 42.7 Å². The van der Waals surface area contributed by atoms with Crippen LogP contribution in [0.25, 0.3) is 11.0 Å². The Hall–Kier alpha value is -4.20. The first kappa shape index (κ1) is 21.6. The number of urea groups is 1. The van der Waals surface area contributed by atoms with Gasteiger partial charge in [-0.1, -0.05) is 0 Å². The van der Waals surface area contributed by atoms with Crippen LogP contribution in [0.4, 0.5) is 16.2 Å². The van der Waals surface area contributed by atoms with Gasteiger partial charge in [0.1, 0.15) is 22.9 Å². The molecule has 0 bridgehead atoms. The fourth-order valence-corrected chi connectivity index (χ4v) is 4.07. The summed E-state index contributed by atoms with van der Waals surface area (Å²) in [6.45, 7) is 0.184. The number of fused-ring (bicyclic) bond motifs is 3. The van der Waals surface area contributed by atoms with Crippen molar-refractivity contribution in [1.82, 2.24) is 5.32 Å². The monoisotopic (exact) mass is 459 g/mol. The molecular weight excluding hydrogens is 434 g/mol. The fourth-order valence-electron chi connectivity index (χ4n) is 4.07. The lowest BCUT2D eigenvalue weighted by Gasteiger charge is -2.10. The molecule has 0 unspecified atom stereocenters. The minimum Gasteiger partial charge on any atom is -0.484 e. The van der Waals surface area contributed by atoms with E-state index in [2.05, 4.69) is 16.0 Å². The minimum atomic E-state index is -0.350. The largest absolute Gasteiger partial charge is 0.484 e. The van der Waals surface area contributed by atoms with E-state index in [-0.39, 0.29) is 18.5 Å². The van der Waals surface area contributed by atoms with Crippen LogP contribution < -0.4 is 20.7 Å². The number of aryl methyl sites for hydroxylation is 2. The number of furan rings is 2. The highest BCUT2D eigenvalue weighted by Gasteiger charge is 2.18. The highest BCUT2D eigenvalue weighted by Crippen LogP contribution is 2.33. The minimum absolute atomic E-state index is 0.110. The van der Waals surface area contributed by atoms with Crippen molar-refractivity contribution in [3.8, 4) is 5.75 Å². The summed E-state index contributed by atoms with van der Waals surface area (Å²) >= 11 is 0. The molecule has 0 saturated carbocycles. The average molecular weight is 460 g/mol. The summed E-state index contributed by atoms with van der Waals surface area (Å²) in [6, 6.07) is 15.7. The van der Waals surface area contributed by atoms with Gasteiger partial charge in [-0.15, -0.1) is 0 Å². The zero-order valence-electron chi connectivity index (χ0n) is 18.6. The highest BCUT2D eigenvalue weighted by atomic mass is 16.5. The van der Waals surface area contributed by atoms with Gasteiger partial charge in [0.15, 0.2) is 6.61 Å². The molecule has 3 N–H and O–H groups in total. The molecule has 1 aliphatic carbocycles. The predicted molar refractivity (Wildman–Crippen MR) is 128 cm³/mol. The van der Waals surface area contributed by atoms with Crippen molar-refractivity contribution in [2.75, 3.05) is 17.2 Å². The number of carbonyl (C=O) groups excluding carboxylic acids is 2. The summed E-state index contributed by atoms with van der Waals surface area (Å²) in [4.78, 5) is 24.3. The third-order valence-corrected chi connectivity index (χ3v) is 5.73. The third kappa shape index (κ3) is 5.06. The van der Waals surface area contributed by atoms with E-state index in [9.17, 15) is 9.59 Å². The summed E-state index contributed by atoms with van der Waals surface area (Å²) < 4.78 is 16.8. The average Bonchev–Trinajstić information content (AvgIpc) is 3.50. The molecule has 34 heavy (non-hydrogen) atoms. The van der Waals surface area contributed by atoms with Crippen molar-refractivity contribution in [2.24, 2.45) is 0 Å². The van der Waals surface area contributed by atoms with Gasteiger partial charge in [0.05, 0.1) is 12.8 Å². The number of nitrogens with one attached hydrogen (secondary N) is 3. The van der Waals surface area contributed by atoms with Crippen LogP contribution in [-0.4, -0.2) is 18.5 Å². The quantitative estimate of drug-likeness (QED) is 0.350. The van der Waals surface area contributed by atoms with E-state index >= 15 is 0 Å². The second-order valence-electron chi connectivity index (χ2n) is 8.17. The number of benzene rings is 2. The number of hydrogen-bond acceptors (Lipinski definition) is 5. The molecule has 0 aliphatic heterocycles. The number of carbonyl (C=O) groups is 2. The van der Waals surface area contributed by atoms with Crippen molar-refractivity contribution in [1.29, 1.82) is 0 Å². The molecule has 0 fully saturated rings. The Morgan fingerprint density at radius 1 is 0.941 bits per heavy atom. The Balaban J connectivity index is 1.11. The van der Waals surface area contributed by atoms with Crippen molar-refractivity contribution in [2.45, 2.75) is 32.2 Å². The molecule has 2 aromatic heterocycles. The van der Waals surface area contributed by atoms with Crippen molar-refractivity contribution in [3.63, 3.8) is 0 Å². The zero-order chi connectivity index (χ0) is 23.3. The van der Waals surface area contributed by atoms with Gasteiger partial charge in [-0.05, 0) is 73.9 Å². The maximum absolute atomic E-state index is 12.3. The Kier molecular flexibility index (Phi) is 6.20. The van der Waals surface area contributed by atoms with Crippen LogP contribution in [0.5, 0.6) is 5.75 Å². The summed E-state index contributed by atoms with van der Waals surface area (Å²) in [7, 11) is 0. The fraction of sp³-hybridized carbons (Fsp3) is 0.231. The molecule has 5 rings (SSSR count). The van der Waals surface area contributed by atoms with E-state index in [1.165, 1.54) is 12.0 Å². The van der Waals surface area contributed by atoms with Crippen molar-refractivity contribution in [3.05, 3.63) is 77.9 Å². The van der Waals surface area contributed by atoms with Crippen LogP contribution in [0.1, 0.15) is 29.9 Å². The Morgan fingerprint density at radius 2 is 1.74 bits per heavy atom. The van der Waals surface area contributed by atoms with Gasteiger partial charge in [-0.2, -0.15) is 0 Å². The lowest BCUT2D eigenvalue weighted by Crippen LogP contribution is -2.28. The van der Waals surface area contributed by atoms with Gasteiger partial charge < -0.3 is 29.5 Å². The molecule has 0 saturated heterocycles. The number of anilines is 2. The lowest BCUT2D eigenvalue weighted by molar-refractivity contribution is -0.118. The standard InChI is InChI=1S/C26H25N3O5/c30-25(16-33-19-11-12-24-22(14-19)21-5-1-2-6-23(21)34-24)28-17-7-9-18(10-8-17)29-26(31)27-15-20-4-3-13-32-20/h3-4,7-14H,1-2,5-6,15-16H2,(H,28,30)(H2,27,29,31). The molecule has 0 atom stereocenters. The predicted octanol–water partition coefficient (Wildman–Crippen LogP) is 5.24. The van der Waals surface area contributed by atoms with Crippen molar-refractivity contribution >= 4 is 34.3 Å². The first-order chi connectivity index (χ1) is 16.6. The normalized spacial score (nSPS) is 12.7. The highest BCUT2D eigenvalue weighted by molar-refractivity contribution is 5.93. The first-order valence-corrected chi connectivity index (χ1v) is 11.3. The van der Waals surface area contributed by atoms with Gasteiger partial charge >= 0.3 is 6.03 Å². The summed E-state index contributed by atoms with van der Waals surface area (Å²) in [6.07, 6.45) is 5.87. The topological polar surface area (TPSA) is 106 Å². The third-order valence-electron chi connectivity index (χ3n) is 5.73. The van der Waals surface area contributed by atoms with E-state index in [0.717, 1.165) is 36.0 Å². The molecule has 3 amide bonds. The molecule has 0 radical (unpaired) electrons. The van der Waals surface area contributed by atoms with E-state index in [4.69, 9.17) is 13.6 Å². The molecule has 174 valence electrons. The smallest absolute Gasteiger partial charge is 0.319 e. The van der Waals surface area contributed by atoms with Crippen LogP contribution >= 0.6 is 0 Å². The molecule has 8 heteroatoms. The van der Waals surface area contributed by atoms with Crippen LogP contribution in [-0.2, 0) is 24.2 Å². The van der Waals surface area contributed by atoms with Gasteiger partial charge in [0.25, 0.3) is 5.91 Å². The van der Waals surface area contributed by atoms with Gasteiger partial charge in [-0.25, -0.2) is 4.79 Å². The van der Waals surface area contributed by atoms with Crippen LogP contribution in [0, 0.1) is 0 Å². The van der Waals surface area contributed by atoms with E-state index in [1.807, 2.05) is 18.2 Å². The maximum Gasteiger partial charge on any atom is 0.319 e. The summed E-state index contributed by atoms with van der Waals surface area (Å²) in [5.74, 6) is 2.10. The van der Waals surface area contributed by atoms with E-state index in [0.29, 0.717) is 29.4 Å². The Labute approximate surface area is 196 Å². The molecule has 2 aromatic carbocycles. The molecular formula is C26H25N3O5. The Morgan fingerprint density at radius 3 is 2.53 bits per heavy atom. The van der Waals surface area contributed by atoms with Gasteiger partial charge in [-0.3, -0.25) is 4.79 Å². The Bertz CT molecular complexity index is 1290. The molecule has 4 aromatic rings. The number of rotatable bonds is 7.